The predicted octanol–water partition coefficient (Wildman–Crippen LogP) is 3.48. The summed E-state index contributed by atoms with van der Waals surface area (Å²) in [6.45, 7) is 10.2. The van der Waals surface area contributed by atoms with Crippen LogP contribution in [0.3, 0.4) is 0 Å². The van der Waals surface area contributed by atoms with E-state index in [0.29, 0.717) is 5.75 Å². The molecule has 1 atom stereocenters. The van der Waals surface area contributed by atoms with Crippen LogP contribution < -0.4 is 5.73 Å². The minimum atomic E-state index is -0.00417. The Balaban J connectivity index is 0.00000225. The maximum atomic E-state index is 9.67. The number of aromatic hydroxyl groups is 1. The molecule has 1 aromatic rings. The highest BCUT2D eigenvalue weighted by molar-refractivity contribution is 5.85. The summed E-state index contributed by atoms with van der Waals surface area (Å²) < 4.78 is 0. The van der Waals surface area contributed by atoms with E-state index in [1.165, 1.54) is 0 Å². The Bertz CT molecular complexity index is 346. The van der Waals surface area contributed by atoms with Crippen molar-refractivity contribution in [1.82, 2.24) is 0 Å². The van der Waals surface area contributed by atoms with Gasteiger partial charge in [-0.1, -0.05) is 32.9 Å². The van der Waals surface area contributed by atoms with Gasteiger partial charge in [-0.05, 0) is 36.0 Å². The summed E-state index contributed by atoms with van der Waals surface area (Å²) in [7, 11) is 0. The normalized spacial score (nSPS) is 13.1. The standard InChI is InChI=1S/C13H21NO.ClH/c1-8-6-10(7-9(2)11(8)15)12(14)13(3,4)5;/h6-7,12,15H,14H2,1-5H3;1H/t12-;/m1./s1. The lowest BCUT2D eigenvalue weighted by molar-refractivity contribution is 0.326. The van der Waals surface area contributed by atoms with Gasteiger partial charge in [-0.25, -0.2) is 0 Å². The molecule has 1 rings (SSSR count). The predicted molar refractivity (Wildman–Crippen MR) is 71.2 cm³/mol. The minimum absolute atomic E-state index is 0. The number of aryl methyl sites for hydroxylation is 2. The van der Waals surface area contributed by atoms with Crippen molar-refractivity contribution in [3.05, 3.63) is 28.8 Å². The van der Waals surface area contributed by atoms with Gasteiger partial charge in [-0.2, -0.15) is 0 Å². The van der Waals surface area contributed by atoms with Crippen LogP contribution in [0.2, 0.25) is 0 Å². The zero-order valence-corrected chi connectivity index (χ0v) is 11.5. The summed E-state index contributed by atoms with van der Waals surface area (Å²) in [5.74, 6) is 0.375. The third-order valence-corrected chi connectivity index (χ3v) is 2.81. The molecule has 0 spiro atoms. The third-order valence-electron chi connectivity index (χ3n) is 2.81. The molecule has 0 aliphatic heterocycles. The molecule has 0 saturated carbocycles. The quantitative estimate of drug-likeness (QED) is 0.793. The van der Waals surface area contributed by atoms with Gasteiger partial charge in [0.25, 0.3) is 0 Å². The number of phenols is 1. The van der Waals surface area contributed by atoms with Crippen molar-refractivity contribution < 1.29 is 5.11 Å². The van der Waals surface area contributed by atoms with E-state index in [2.05, 4.69) is 20.8 Å². The van der Waals surface area contributed by atoms with Crippen LogP contribution in [-0.2, 0) is 0 Å². The van der Waals surface area contributed by atoms with E-state index in [1.807, 2.05) is 26.0 Å². The van der Waals surface area contributed by atoms with Crippen molar-refractivity contribution in [2.24, 2.45) is 11.1 Å². The summed E-state index contributed by atoms with van der Waals surface area (Å²) in [5.41, 5.74) is 9.10. The van der Waals surface area contributed by atoms with Crippen LogP contribution in [0.15, 0.2) is 12.1 Å². The van der Waals surface area contributed by atoms with E-state index < -0.39 is 0 Å². The molecule has 3 heteroatoms. The molecule has 1 aromatic carbocycles. The SMILES string of the molecule is Cc1cc([C@@H](N)C(C)(C)C)cc(C)c1O.Cl. The Labute approximate surface area is 104 Å². The second-order valence-corrected chi connectivity index (χ2v) is 5.35. The molecule has 92 valence electrons. The average molecular weight is 244 g/mol. The van der Waals surface area contributed by atoms with Gasteiger partial charge in [0, 0.05) is 6.04 Å². The number of halogens is 1. The van der Waals surface area contributed by atoms with Gasteiger partial charge >= 0.3 is 0 Å². The van der Waals surface area contributed by atoms with Crippen LogP contribution in [0, 0.1) is 19.3 Å². The van der Waals surface area contributed by atoms with E-state index in [4.69, 9.17) is 5.73 Å². The molecule has 0 aliphatic carbocycles. The monoisotopic (exact) mass is 243 g/mol. The van der Waals surface area contributed by atoms with Crippen LogP contribution in [0.5, 0.6) is 5.75 Å². The summed E-state index contributed by atoms with van der Waals surface area (Å²) in [4.78, 5) is 0. The van der Waals surface area contributed by atoms with E-state index in [9.17, 15) is 5.11 Å². The number of benzene rings is 1. The highest BCUT2D eigenvalue weighted by Gasteiger charge is 2.23. The van der Waals surface area contributed by atoms with Crippen molar-refractivity contribution in [1.29, 1.82) is 0 Å². The highest BCUT2D eigenvalue weighted by Crippen LogP contribution is 2.33. The molecule has 0 unspecified atom stereocenters. The number of rotatable bonds is 1. The fraction of sp³-hybridized carbons (Fsp3) is 0.538. The number of nitrogens with two attached hydrogens (primary N) is 1. The first-order valence-electron chi connectivity index (χ1n) is 5.29. The maximum Gasteiger partial charge on any atom is 0.121 e. The van der Waals surface area contributed by atoms with Crippen LogP contribution >= 0.6 is 12.4 Å². The first kappa shape index (κ1) is 15.3. The second kappa shape index (κ2) is 5.07. The van der Waals surface area contributed by atoms with Gasteiger partial charge < -0.3 is 10.8 Å². The van der Waals surface area contributed by atoms with Crippen LogP contribution in [-0.4, -0.2) is 5.11 Å². The molecule has 0 radical (unpaired) electrons. The van der Waals surface area contributed by atoms with Gasteiger partial charge in [0.15, 0.2) is 0 Å². The number of hydrogen-bond donors (Lipinski definition) is 2. The van der Waals surface area contributed by atoms with Gasteiger partial charge in [0.05, 0.1) is 0 Å². The van der Waals surface area contributed by atoms with E-state index in [0.717, 1.165) is 16.7 Å². The van der Waals surface area contributed by atoms with E-state index in [1.54, 1.807) is 0 Å². The molecule has 0 bridgehead atoms. The van der Waals surface area contributed by atoms with Crippen molar-refractivity contribution >= 4 is 12.4 Å². The Morgan fingerprint density at radius 2 is 1.50 bits per heavy atom. The zero-order valence-electron chi connectivity index (χ0n) is 10.7. The molecule has 0 heterocycles. The molecule has 0 fully saturated rings. The second-order valence-electron chi connectivity index (χ2n) is 5.35. The first-order valence-corrected chi connectivity index (χ1v) is 5.29. The average Bonchev–Trinajstić information content (AvgIpc) is 2.10. The first-order chi connectivity index (χ1) is 6.73. The lowest BCUT2D eigenvalue weighted by Gasteiger charge is -2.28. The Hall–Kier alpha value is -0.730. The van der Waals surface area contributed by atoms with E-state index >= 15 is 0 Å². The molecule has 0 amide bonds. The molecule has 16 heavy (non-hydrogen) atoms. The number of hydrogen-bond acceptors (Lipinski definition) is 2. The van der Waals surface area contributed by atoms with Crippen molar-refractivity contribution in [2.75, 3.05) is 0 Å². The zero-order chi connectivity index (χ0) is 11.8. The van der Waals surface area contributed by atoms with Gasteiger partial charge in [0.1, 0.15) is 5.75 Å². The van der Waals surface area contributed by atoms with Crippen molar-refractivity contribution in [2.45, 2.75) is 40.7 Å². The van der Waals surface area contributed by atoms with Crippen LogP contribution in [0.1, 0.15) is 43.5 Å². The Morgan fingerprint density at radius 1 is 1.12 bits per heavy atom. The fourth-order valence-electron chi connectivity index (χ4n) is 1.67. The van der Waals surface area contributed by atoms with Crippen LogP contribution in [0.25, 0.3) is 0 Å². The topological polar surface area (TPSA) is 46.2 Å². The molecule has 0 saturated heterocycles. The fourth-order valence-corrected chi connectivity index (χ4v) is 1.67. The Morgan fingerprint density at radius 3 is 1.81 bits per heavy atom. The lowest BCUT2D eigenvalue weighted by Crippen LogP contribution is -2.26. The largest absolute Gasteiger partial charge is 0.507 e. The van der Waals surface area contributed by atoms with Gasteiger partial charge in [-0.3, -0.25) is 0 Å². The highest BCUT2D eigenvalue weighted by atomic mass is 35.5. The summed E-state index contributed by atoms with van der Waals surface area (Å²) in [6, 6.07) is 3.94. The maximum absolute atomic E-state index is 9.67. The van der Waals surface area contributed by atoms with E-state index in [-0.39, 0.29) is 23.9 Å². The summed E-state index contributed by atoms with van der Waals surface area (Å²) in [6.07, 6.45) is 0. The van der Waals surface area contributed by atoms with Gasteiger partial charge in [-0.15, -0.1) is 12.4 Å². The molecule has 0 aliphatic rings. The molecule has 0 aromatic heterocycles. The van der Waals surface area contributed by atoms with Crippen LogP contribution in [0.4, 0.5) is 0 Å². The molecule has 3 N–H and O–H groups in total. The van der Waals surface area contributed by atoms with Crippen molar-refractivity contribution in [3.8, 4) is 5.75 Å². The molecule has 2 nitrogen and oxygen atoms in total. The molecular formula is C13H22ClNO. The van der Waals surface area contributed by atoms with Gasteiger partial charge in [0.2, 0.25) is 0 Å². The summed E-state index contributed by atoms with van der Waals surface area (Å²) >= 11 is 0. The third kappa shape index (κ3) is 3.13. The minimum Gasteiger partial charge on any atom is -0.507 e. The number of phenolic OH excluding ortho intramolecular Hbond substituents is 1. The Kier molecular flexibility index (Phi) is 4.84. The van der Waals surface area contributed by atoms with Crippen molar-refractivity contribution in [3.63, 3.8) is 0 Å². The molecular weight excluding hydrogens is 222 g/mol. The summed E-state index contributed by atoms with van der Waals surface area (Å²) in [5, 5.41) is 9.67. The smallest absolute Gasteiger partial charge is 0.121 e. The lowest BCUT2D eigenvalue weighted by atomic mass is 9.82.